The number of halogens is 1. The average Bonchev–Trinajstić information content (AvgIpc) is 3.24. The zero-order chi connectivity index (χ0) is 19.5. The minimum absolute atomic E-state index is 0.0590. The summed E-state index contributed by atoms with van der Waals surface area (Å²) in [5.74, 6) is -0.0290. The van der Waals surface area contributed by atoms with Crippen LogP contribution in [0.2, 0.25) is 5.02 Å². The lowest BCUT2D eigenvalue weighted by Crippen LogP contribution is -2.54. The van der Waals surface area contributed by atoms with E-state index in [-0.39, 0.29) is 23.9 Å². The van der Waals surface area contributed by atoms with E-state index in [1.165, 1.54) is 0 Å². The van der Waals surface area contributed by atoms with E-state index in [1.807, 2.05) is 23.2 Å². The lowest BCUT2D eigenvalue weighted by Gasteiger charge is -2.36. The highest BCUT2D eigenvalue weighted by Gasteiger charge is 2.34. The second-order valence-corrected chi connectivity index (χ2v) is 7.42. The molecule has 2 saturated heterocycles. The second kappa shape index (κ2) is 8.26. The molecule has 8 heteroatoms. The van der Waals surface area contributed by atoms with Crippen molar-refractivity contribution in [3.63, 3.8) is 0 Å². The van der Waals surface area contributed by atoms with Crippen molar-refractivity contribution in [2.75, 3.05) is 26.2 Å². The Balaban J connectivity index is 1.32. The van der Waals surface area contributed by atoms with E-state index in [0.29, 0.717) is 43.2 Å². The Morgan fingerprint density at radius 1 is 1.00 bits per heavy atom. The van der Waals surface area contributed by atoms with Gasteiger partial charge in [-0.2, -0.15) is 0 Å². The number of hydrogen-bond acceptors (Lipinski definition) is 5. The molecule has 3 heterocycles. The Morgan fingerprint density at radius 2 is 1.75 bits per heavy atom. The molecule has 7 nitrogen and oxygen atoms in total. The van der Waals surface area contributed by atoms with Gasteiger partial charge in [-0.1, -0.05) is 29.8 Å². The summed E-state index contributed by atoms with van der Waals surface area (Å²) in [4.78, 5) is 33.2. The van der Waals surface area contributed by atoms with Crippen molar-refractivity contribution in [2.45, 2.75) is 18.5 Å². The Kier molecular flexibility index (Phi) is 5.57. The van der Waals surface area contributed by atoms with Crippen molar-refractivity contribution in [1.82, 2.24) is 25.6 Å². The maximum atomic E-state index is 12.9. The summed E-state index contributed by atoms with van der Waals surface area (Å²) in [5, 5.41) is 0.452. The number of nitrogens with zero attached hydrogens (tertiary/aromatic N) is 3. The predicted molar refractivity (Wildman–Crippen MR) is 106 cm³/mol. The molecule has 2 atom stereocenters. The van der Waals surface area contributed by atoms with Crippen LogP contribution in [-0.4, -0.2) is 58.8 Å². The van der Waals surface area contributed by atoms with Crippen LogP contribution in [-0.2, 0) is 4.79 Å². The van der Waals surface area contributed by atoms with Gasteiger partial charge in [0.15, 0.2) is 0 Å². The van der Waals surface area contributed by atoms with Crippen molar-refractivity contribution >= 4 is 23.4 Å². The molecule has 4 rings (SSSR count). The summed E-state index contributed by atoms with van der Waals surface area (Å²) in [5.41, 5.74) is 7.84. The number of piperazine rings is 1. The van der Waals surface area contributed by atoms with E-state index >= 15 is 0 Å². The van der Waals surface area contributed by atoms with Gasteiger partial charge in [0.1, 0.15) is 6.04 Å². The van der Waals surface area contributed by atoms with Gasteiger partial charge >= 0.3 is 0 Å². The molecule has 2 unspecified atom stereocenters. The number of hydrazine groups is 1. The van der Waals surface area contributed by atoms with Gasteiger partial charge in [0.05, 0.1) is 10.6 Å². The number of hydrogen-bond donors (Lipinski definition) is 2. The molecule has 2 aliphatic heterocycles. The van der Waals surface area contributed by atoms with Gasteiger partial charge in [-0.3, -0.25) is 14.6 Å². The molecule has 0 radical (unpaired) electrons. The van der Waals surface area contributed by atoms with Crippen LogP contribution in [0.4, 0.5) is 0 Å². The molecule has 0 saturated carbocycles. The van der Waals surface area contributed by atoms with Crippen LogP contribution in [0.15, 0.2) is 48.8 Å². The first-order chi connectivity index (χ1) is 13.6. The van der Waals surface area contributed by atoms with Crippen LogP contribution < -0.4 is 10.9 Å². The normalized spacial score (nSPS) is 22.3. The SMILES string of the molecule is O=C(c1ccccc1Cl)N1CCN(C(=O)C2CC(c3cccnc3)NN2)CC1. The first-order valence-corrected chi connectivity index (χ1v) is 9.75. The number of pyridine rings is 1. The molecule has 2 N–H and O–H groups in total. The molecule has 0 spiro atoms. The van der Waals surface area contributed by atoms with E-state index in [4.69, 9.17) is 11.6 Å². The highest BCUT2D eigenvalue weighted by Crippen LogP contribution is 2.23. The van der Waals surface area contributed by atoms with Crippen LogP contribution in [0.5, 0.6) is 0 Å². The lowest BCUT2D eigenvalue weighted by molar-refractivity contribution is -0.134. The number of amides is 2. The molecule has 1 aromatic carbocycles. The summed E-state index contributed by atoms with van der Waals surface area (Å²) in [7, 11) is 0. The molecule has 2 aromatic rings. The third-order valence-electron chi connectivity index (χ3n) is 5.27. The first-order valence-electron chi connectivity index (χ1n) is 9.37. The second-order valence-electron chi connectivity index (χ2n) is 7.01. The third-order valence-corrected chi connectivity index (χ3v) is 5.60. The summed E-state index contributed by atoms with van der Waals surface area (Å²) < 4.78 is 0. The van der Waals surface area contributed by atoms with Crippen LogP contribution >= 0.6 is 11.6 Å². The van der Waals surface area contributed by atoms with Gasteiger partial charge in [0.2, 0.25) is 5.91 Å². The Hall–Kier alpha value is -2.48. The molecular weight excluding hydrogens is 378 g/mol. The van der Waals surface area contributed by atoms with E-state index in [2.05, 4.69) is 15.8 Å². The zero-order valence-electron chi connectivity index (χ0n) is 15.3. The standard InChI is InChI=1S/C20H22ClN5O2/c21-16-6-2-1-5-15(16)19(27)25-8-10-26(11-9-25)20(28)18-12-17(23-24-18)14-4-3-7-22-13-14/h1-7,13,17-18,23-24H,8-12H2. The topological polar surface area (TPSA) is 77.6 Å². The minimum Gasteiger partial charge on any atom is -0.338 e. The number of rotatable bonds is 3. The lowest BCUT2D eigenvalue weighted by atomic mass is 10.0. The van der Waals surface area contributed by atoms with E-state index < -0.39 is 0 Å². The van der Waals surface area contributed by atoms with Gasteiger partial charge in [-0.15, -0.1) is 0 Å². The quantitative estimate of drug-likeness (QED) is 0.820. The van der Waals surface area contributed by atoms with E-state index in [9.17, 15) is 9.59 Å². The highest BCUT2D eigenvalue weighted by molar-refractivity contribution is 6.33. The number of carbonyl (C=O) groups is 2. The van der Waals surface area contributed by atoms with Gasteiger partial charge in [0, 0.05) is 44.6 Å². The van der Waals surface area contributed by atoms with Crippen LogP contribution in [0.3, 0.4) is 0 Å². The maximum Gasteiger partial charge on any atom is 0.255 e. The summed E-state index contributed by atoms with van der Waals surface area (Å²) >= 11 is 6.14. The summed E-state index contributed by atoms with van der Waals surface area (Å²) in [6.45, 7) is 2.04. The van der Waals surface area contributed by atoms with Crippen molar-refractivity contribution in [2.24, 2.45) is 0 Å². The number of benzene rings is 1. The van der Waals surface area contributed by atoms with Crippen molar-refractivity contribution in [1.29, 1.82) is 0 Å². The van der Waals surface area contributed by atoms with Gasteiger partial charge in [0.25, 0.3) is 5.91 Å². The molecule has 2 aliphatic rings. The average molecular weight is 400 g/mol. The largest absolute Gasteiger partial charge is 0.338 e. The fraction of sp³-hybridized carbons (Fsp3) is 0.350. The predicted octanol–water partition coefficient (Wildman–Crippen LogP) is 1.63. The molecule has 2 fully saturated rings. The summed E-state index contributed by atoms with van der Waals surface area (Å²) in [6, 6.07) is 10.7. The summed E-state index contributed by atoms with van der Waals surface area (Å²) in [6.07, 6.45) is 4.21. The van der Waals surface area contributed by atoms with Crippen molar-refractivity contribution in [3.8, 4) is 0 Å². The molecule has 0 aliphatic carbocycles. The molecule has 1 aromatic heterocycles. The molecular formula is C20H22ClN5O2. The third kappa shape index (κ3) is 3.87. The highest BCUT2D eigenvalue weighted by atomic mass is 35.5. The first kappa shape index (κ1) is 18.9. The minimum atomic E-state index is -0.281. The molecule has 2 amide bonds. The molecule has 28 heavy (non-hydrogen) atoms. The van der Waals surface area contributed by atoms with Gasteiger partial charge < -0.3 is 9.80 Å². The smallest absolute Gasteiger partial charge is 0.255 e. The van der Waals surface area contributed by atoms with Crippen LogP contribution in [0.25, 0.3) is 0 Å². The van der Waals surface area contributed by atoms with E-state index in [1.54, 1.807) is 35.4 Å². The Bertz CT molecular complexity index is 855. The Labute approximate surface area is 168 Å². The Morgan fingerprint density at radius 3 is 2.46 bits per heavy atom. The fourth-order valence-corrected chi connectivity index (χ4v) is 3.89. The molecule has 146 valence electrons. The zero-order valence-corrected chi connectivity index (χ0v) is 16.1. The van der Waals surface area contributed by atoms with Crippen molar-refractivity contribution in [3.05, 3.63) is 64.9 Å². The van der Waals surface area contributed by atoms with E-state index in [0.717, 1.165) is 5.56 Å². The monoisotopic (exact) mass is 399 g/mol. The fourth-order valence-electron chi connectivity index (χ4n) is 3.67. The molecule has 0 bridgehead atoms. The van der Waals surface area contributed by atoms with Crippen LogP contribution in [0, 0.1) is 0 Å². The van der Waals surface area contributed by atoms with Gasteiger partial charge in [-0.05, 0) is 30.2 Å². The van der Waals surface area contributed by atoms with Crippen LogP contribution in [0.1, 0.15) is 28.4 Å². The van der Waals surface area contributed by atoms with Gasteiger partial charge in [-0.25, -0.2) is 10.9 Å². The number of carbonyl (C=O) groups excluding carboxylic acids is 2. The maximum absolute atomic E-state index is 12.9. The van der Waals surface area contributed by atoms with Crippen molar-refractivity contribution < 1.29 is 9.59 Å². The number of nitrogens with one attached hydrogen (secondary N) is 2. The number of aromatic nitrogens is 1.